The second-order valence-corrected chi connectivity index (χ2v) is 9.03. The number of hydrogen-bond donors (Lipinski definition) is 2. The van der Waals surface area contributed by atoms with Gasteiger partial charge in [-0.05, 0) is 42.3 Å². The van der Waals surface area contributed by atoms with Crippen LogP contribution in [-0.2, 0) is 0 Å². The molecule has 0 spiro atoms. The number of urea groups is 1. The maximum Gasteiger partial charge on any atom is 0.399 e. The van der Waals surface area contributed by atoms with E-state index in [1.54, 1.807) is 14.0 Å². The molecule has 2 aromatic rings. The van der Waals surface area contributed by atoms with Gasteiger partial charge in [-0.3, -0.25) is 4.79 Å². The van der Waals surface area contributed by atoms with Crippen LogP contribution < -0.4 is 10.6 Å². The minimum Gasteiger partial charge on any atom is -0.350 e. The maximum atomic E-state index is 13.7. The van der Waals surface area contributed by atoms with E-state index < -0.39 is 18.0 Å². The first kappa shape index (κ1) is 29.1. The van der Waals surface area contributed by atoms with Gasteiger partial charge in [0, 0.05) is 26.7 Å². The van der Waals surface area contributed by atoms with E-state index in [4.69, 9.17) is 46.4 Å². The summed E-state index contributed by atoms with van der Waals surface area (Å²) in [5.74, 6) is -2.48. The van der Waals surface area contributed by atoms with Crippen molar-refractivity contribution in [2.75, 3.05) is 26.7 Å². The minimum atomic E-state index is -4.62. The smallest absolute Gasteiger partial charge is 0.350 e. The number of amides is 3. The molecule has 0 fully saturated rings. The molecular formula is C23H22Cl4F3N3O2. The first-order valence-electron chi connectivity index (χ1n) is 10.3. The van der Waals surface area contributed by atoms with Gasteiger partial charge in [0.15, 0.2) is 0 Å². The van der Waals surface area contributed by atoms with Crippen LogP contribution in [0.3, 0.4) is 0 Å². The lowest BCUT2D eigenvalue weighted by molar-refractivity contribution is -0.139. The number of allylic oxidation sites excluding steroid dienone is 1. The van der Waals surface area contributed by atoms with Crippen LogP contribution >= 0.6 is 46.4 Å². The van der Waals surface area contributed by atoms with Crippen molar-refractivity contribution in [3.63, 3.8) is 0 Å². The van der Waals surface area contributed by atoms with Gasteiger partial charge >= 0.3 is 12.2 Å². The lowest BCUT2D eigenvalue weighted by Gasteiger charge is -2.18. The highest BCUT2D eigenvalue weighted by Crippen LogP contribution is 2.41. The van der Waals surface area contributed by atoms with E-state index in [-0.39, 0.29) is 50.3 Å². The summed E-state index contributed by atoms with van der Waals surface area (Å²) in [4.78, 5) is 25.5. The van der Waals surface area contributed by atoms with Crippen LogP contribution in [0.15, 0.2) is 36.4 Å². The van der Waals surface area contributed by atoms with E-state index in [0.717, 1.165) is 18.2 Å². The molecular weight excluding hydrogens is 549 g/mol. The molecule has 5 nitrogen and oxygen atoms in total. The zero-order valence-corrected chi connectivity index (χ0v) is 21.7. The van der Waals surface area contributed by atoms with E-state index in [1.807, 2.05) is 0 Å². The van der Waals surface area contributed by atoms with Gasteiger partial charge in [0.2, 0.25) is 0 Å². The Bertz CT molecular complexity index is 1090. The molecule has 3 amide bonds. The van der Waals surface area contributed by atoms with Crippen molar-refractivity contribution in [3.8, 4) is 0 Å². The fraction of sp³-hybridized carbons (Fsp3) is 0.304. The van der Waals surface area contributed by atoms with Crippen molar-refractivity contribution in [3.05, 3.63) is 73.2 Å². The first-order chi connectivity index (χ1) is 16.3. The Labute approximate surface area is 221 Å². The Morgan fingerprint density at radius 2 is 1.66 bits per heavy atom. The third-order valence-electron chi connectivity index (χ3n) is 4.84. The molecule has 35 heavy (non-hydrogen) atoms. The zero-order valence-electron chi connectivity index (χ0n) is 18.6. The van der Waals surface area contributed by atoms with Gasteiger partial charge < -0.3 is 15.5 Å². The Kier molecular flexibility index (Phi) is 10.6. The highest BCUT2D eigenvalue weighted by Gasteiger charge is 2.39. The standard InChI is InChI=1S/C23H22Cl4F3N3O2/c1-3-31-22(35)33(2)9-8-32-21(34)15-6-4-13(10-17(15)24)5-7-16(23(28,29)30)14-11-18(25)20(27)19(26)12-14/h4-7,10-12,16H,3,8-9H2,1-2H3,(H,31,35)(H,32,34)/b7-5+. The number of likely N-dealkylation sites (N-methyl/N-ethyl adjacent to an activating group) is 1. The molecule has 2 rings (SSSR count). The van der Waals surface area contributed by atoms with E-state index in [2.05, 4.69) is 10.6 Å². The second-order valence-electron chi connectivity index (χ2n) is 7.43. The molecule has 0 radical (unpaired) electrons. The summed E-state index contributed by atoms with van der Waals surface area (Å²) in [6.45, 7) is 2.73. The van der Waals surface area contributed by atoms with Crippen molar-refractivity contribution >= 4 is 64.4 Å². The molecule has 0 heterocycles. The number of carbonyl (C=O) groups is 2. The monoisotopic (exact) mass is 569 g/mol. The van der Waals surface area contributed by atoms with E-state index >= 15 is 0 Å². The molecule has 0 bridgehead atoms. The molecule has 0 aliphatic rings. The highest BCUT2D eigenvalue weighted by atomic mass is 35.5. The van der Waals surface area contributed by atoms with Gasteiger partial charge in [-0.15, -0.1) is 0 Å². The summed E-state index contributed by atoms with van der Waals surface area (Å²) < 4.78 is 41.1. The predicted octanol–water partition coefficient (Wildman–Crippen LogP) is 7.05. The quantitative estimate of drug-likeness (QED) is 0.334. The van der Waals surface area contributed by atoms with Gasteiger partial charge in [0.25, 0.3) is 5.91 Å². The van der Waals surface area contributed by atoms with Crippen molar-refractivity contribution < 1.29 is 22.8 Å². The predicted molar refractivity (Wildman–Crippen MR) is 135 cm³/mol. The van der Waals surface area contributed by atoms with Gasteiger partial charge in [0.1, 0.15) is 0 Å². The fourth-order valence-corrected chi connectivity index (χ4v) is 3.90. The summed E-state index contributed by atoms with van der Waals surface area (Å²) in [5, 5.41) is 5.13. The van der Waals surface area contributed by atoms with E-state index in [0.29, 0.717) is 12.1 Å². The summed E-state index contributed by atoms with van der Waals surface area (Å²) in [6.07, 6.45) is -2.44. The number of carbonyl (C=O) groups excluding carboxylic acids is 2. The number of nitrogens with zero attached hydrogens (tertiary/aromatic N) is 1. The molecule has 0 aliphatic heterocycles. The summed E-state index contributed by atoms with van der Waals surface area (Å²) >= 11 is 23.8. The number of alkyl halides is 3. The molecule has 1 atom stereocenters. The van der Waals surface area contributed by atoms with Gasteiger partial charge in [-0.25, -0.2) is 4.79 Å². The van der Waals surface area contributed by atoms with Crippen molar-refractivity contribution in [2.45, 2.75) is 19.0 Å². The Hall–Kier alpha value is -2.13. The van der Waals surface area contributed by atoms with Crippen LogP contribution in [-0.4, -0.2) is 49.7 Å². The lowest BCUT2D eigenvalue weighted by Crippen LogP contribution is -2.41. The summed E-state index contributed by atoms with van der Waals surface area (Å²) in [7, 11) is 1.59. The number of nitrogens with one attached hydrogen (secondary N) is 2. The number of rotatable bonds is 8. The largest absolute Gasteiger partial charge is 0.399 e. The maximum absolute atomic E-state index is 13.7. The Balaban J connectivity index is 2.14. The molecule has 12 heteroatoms. The van der Waals surface area contributed by atoms with Crippen molar-refractivity contribution in [1.29, 1.82) is 0 Å². The zero-order chi connectivity index (χ0) is 26.3. The highest BCUT2D eigenvalue weighted by molar-refractivity contribution is 6.48. The third-order valence-corrected chi connectivity index (χ3v) is 6.35. The second kappa shape index (κ2) is 12.7. The van der Waals surface area contributed by atoms with E-state index in [9.17, 15) is 22.8 Å². The number of benzene rings is 2. The average Bonchev–Trinajstić information content (AvgIpc) is 2.76. The molecule has 0 saturated heterocycles. The van der Waals surface area contributed by atoms with E-state index in [1.165, 1.54) is 29.2 Å². The number of hydrogen-bond acceptors (Lipinski definition) is 2. The van der Waals surface area contributed by atoms with Gasteiger partial charge in [-0.2, -0.15) is 13.2 Å². The molecule has 0 saturated carbocycles. The van der Waals surface area contributed by atoms with Gasteiger partial charge in [0.05, 0.1) is 31.6 Å². The fourth-order valence-electron chi connectivity index (χ4n) is 3.01. The van der Waals surface area contributed by atoms with Crippen molar-refractivity contribution in [2.24, 2.45) is 0 Å². The van der Waals surface area contributed by atoms with Gasteiger partial charge in [-0.1, -0.05) is 64.6 Å². The lowest BCUT2D eigenvalue weighted by atomic mass is 9.97. The molecule has 0 aliphatic carbocycles. The number of halogens is 7. The molecule has 2 aromatic carbocycles. The normalized spacial score (nSPS) is 12.5. The minimum absolute atomic E-state index is 0.0292. The third kappa shape index (κ3) is 8.20. The van der Waals surface area contributed by atoms with Crippen LogP contribution in [0.5, 0.6) is 0 Å². The molecule has 2 N–H and O–H groups in total. The Morgan fingerprint density at radius 3 is 2.20 bits per heavy atom. The first-order valence-corrected chi connectivity index (χ1v) is 11.8. The van der Waals surface area contributed by atoms with Crippen molar-refractivity contribution in [1.82, 2.24) is 15.5 Å². The van der Waals surface area contributed by atoms with Crippen LogP contribution in [0.25, 0.3) is 6.08 Å². The molecule has 0 aromatic heterocycles. The summed E-state index contributed by atoms with van der Waals surface area (Å²) in [5.41, 5.74) is 0.323. The van der Waals surface area contributed by atoms with Crippen LogP contribution in [0.1, 0.15) is 34.3 Å². The SMILES string of the molecule is CCNC(=O)N(C)CCNC(=O)c1ccc(/C=C/C(c2cc(Cl)c(Cl)c(Cl)c2)C(F)(F)F)cc1Cl. The Morgan fingerprint density at radius 1 is 1.03 bits per heavy atom. The van der Waals surface area contributed by atoms with Crippen LogP contribution in [0.4, 0.5) is 18.0 Å². The molecule has 1 unspecified atom stereocenters. The van der Waals surface area contributed by atoms with Crippen LogP contribution in [0, 0.1) is 0 Å². The average molecular weight is 571 g/mol. The van der Waals surface area contributed by atoms with Crippen LogP contribution in [0.2, 0.25) is 20.1 Å². The topological polar surface area (TPSA) is 61.4 Å². The molecule has 190 valence electrons. The summed E-state index contributed by atoms with van der Waals surface area (Å²) in [6, 6.07) is 6.21.